The maximum absolute atomic E-state index is 11.6. The Morgan fingerprint density at radius 3 is 2.29 bits per heavy atom. The highest BCUT2D eigenvalue weighted by Gasteiger charge is 2.18. The average Bonchev–Trinajstić information content (AvgIpc) is 2.13. The van der Waals surface area contributed by atoms with Crippen molar-refractivity contribution in [3.63, 3.8) is 0 Å². The molecular weight excluding hydrogens is 178 g/mol. The number of rotatable bonds is 3. The van der Waals surface area contributed by atoms with Gasteiger partial charge in [0.15, 0.2) is 0 Å². The molecule has 0 bridgehead atoms. The topological polar surface area (TPSA) is 46.2 Å². The Morgan fingerprint density at radius 2 is 1.71 bits per heavy atom. The lowest BCUT2D eigenvalue weighted by Crippen LogP contribution is -2.32. The van der Waals surface area contributed by atoms with E-state index in [4.69, 9.17) is 0 Å². The summed E-state index contributed by atoms with van der Waals surface area (Å²) in [5, 5.41) is 2.64. The second-order valence-electron chi connectivity index (χ2n) is 3.95. The molecule has 3 nitrogen and oxygen atoms in total. The standard InChI is InChI=1S/C11H19NO2/c13-9-8-12-11(14)10-6-4-2-1-3-5-7-10/h9-10H,1-8H2,(H,12,14). The number of hydrogen-bond donors (Lipinski definition) is 1. The summed E-state index contributed by atoms with van der Waals surface area (Å²) >= 11 is 0. The van der Waals surface area contributed by atoms with Crippen molar-refractivity contribution in [3.8, 4) is 0 Å². The van der Waals surface area contributed by atoms with Crippen molar-refractivity contribution in [1.29, 1.82) is 0 Å². The first-order valence-electron chi connectivity index (χ1n) is 5.56. The molecule has 0 aliphatic heterocycles. The molecule has 0 radical (unpaired) electrons. The molecule has 1 rings (SSSR count). The van der Waals surface area contributed by atoms with Crippen LogP contribution in [0.4, 0.5) is 0 Å². The van der Waals surface area contributed by atoms with Crippen LogP contribution >= 0.6 is 0 Å². The van der Waals surface area contributed by atoms with Gasteiger partial charge in [0, 0.05) is 5.92 Å². The van der Waals surface area contributed by atoms with Gasteiger partial charge in [0.05, 0.1) is 6.54 Å². The first-order valence-corrected chi connectivity index (χ1v) is 5.56. The first kappa shape index (κ1) is 11.2. The van der Waals surface area contributed by atoms with Crippen LogP contribution in [-0.4, -0.2) is 18.7 Å². The van der Waals surface area contributed by atoms with Crippen LogP contribution in [0.3, 0.4) is 0 Å². The summed E-state index contributed by atoms with van der Waals surface area (Å²) in [6.07, 6.45) is 8.83. The quantitative estimate of drug-likeness (QED) is 0.699. The van der Waals surface area contributed by atoms with Crippen LogP contribution in [-0.2, 0) is 9.59 Å². The molecule has 0 aromatic carbocycles. The van der Waals surface area contributed by atoms with Crippen molar-refractivity contribution < 1.29 is 9.59 Å². The summed E-state index contributed by atoms with van der Waals surface area (Å²) in [5.74, 6) is 0.217. The highest BCUT2D eigenvalue weighted by atomic mass is 16.2. The predicted octanol–water partition coefficient (Wildman–Crippen LogP) is 1.66. The van der Waals surface area contributed by atoms with Crippen molar-refractivity contribution in [1.82, 2.24) is 5.32 Å². The number of hydrogen-bond acceptors (Lipinski definition) is 2. The zero-order valence-corrected chi connectivity index (χ0v) is 8.63. The average molecular weight is 197 g/mol. The smallest absolute Gasteiger partial charge is 0.223 e. The lowest BCUT2D eigenvalue weighted by molar-refractivity contribution is -0.126. The summed E-state index contributed by atoms with van der Waals surface area (Å²) < 4.78 is 0. The third-order valence-electron chi connectivity index (χ3n) is 2.84. The molecule has 0 spiro atoms. The molecule has 0 heterocycles. The zero-order chi connectivity index (χ0) is 10.2. The van der Waals surface area contributed by atoms with Gasteiger partial charge in [-0.3, -0.25) is 4.79 Å². The van der Waals surface area contributed by atoms with E-state index in [2.05, 4.69) is 5.32 Å². The number of aldehydes is 1. The van der Waals surface area contributed by atoms with Crippen LogP contribution in [0.15, 0.2) is 0 Å². The molecule has 1 fully saturated rings. The van der Waals surface area contributed by atoms with Gasteiger partial charge in [-0.25, -0.2) is 0 Å². The van der Waals surface area contributed by atoms with E-state index in [1.807, 2.05) is 0 Å². The Hall–Kier alpha value is -0.860. The van der Waals surface area contributed by atoms with Crippen LogP contribution < -0.4 is 5.32 Å². The molecule has 1 aliphatic carbocycles. The van der Waals surface area contributed by atoms with Gasteiger partial charge < -0.3 is 10.1 Å². The molecular formula is C11H19NO2. The Morgan fingerprint density at radius 1 is 1.14 bits per heavy atom. The summed E-state index contributed by atoms with van der Waals surface area (Å²) in [4.78, 5) is 21.7. The number of carbonyl (C=O) groups is 2. The Labute approximate surface area is 85.3 Å². The minimum atomic E-state index is 0.0685. The highest BCUT2D eigenvalue weighted by molar-refractivity contribution is 5.80. The normalized spacial score (nSPS) is 19.4. The summed E-state index contributed by atoms with van der Waals surface area (Å²) in [6.45, 7) is 0.162. The van der Waals surface area contributed by atoms with E-state index in [0.29, 0.717) is 0 Å². The minimum absolute atomic E-state index is 0.0685. The fraction of sp³-hybridized carbons (Fsp3) is 0.818. The Bertz CT molecular complexity index is 184. The monoisotopic (exact) mass is 197 g/mol. The molecule has 0 aromatic heterocycles. The lowest BCUT2D eigenvalue weighted by Gasteiger charge is -2.18. The van der Waals surface area contributed by atoms with E-state index in [9.17, 15) is 9.59 Å². The highest BCUT2D eigenvalue weighted by Crippen LogP contribution is 2.22. The van der Waals surface area contributed by atoms with E-state index in [0.717, 1.165) is 32.0 Å². The molecule has 0 aromatic rings. The van der Waals surface area contributed by atoms with Crippen LogP contribution in [0, 0.1) is 5.92 Å². The van der Waals surface area contributed by atoms with E-state index in [1.165, 1.54) is 19.3 Å². The van der Waals surface area contributed by atoms with Crippen molar-refractivity contribution >= 4 is 12.2 Å². The molecule has 1 N–H and O–H groups in total. The van der Waals surface area contributed by atoms with Crippen LogP contribution in [0.25, 0.3) is 0 Å². The van der Waals surface area contributed by atoms with Gasteiger partial charge in [0.25, 0.3) is 0 Å². The SMILES string of the molecule is O=CCNC(=O)C1CCCCCCC1. The van der Waals surface area contributed by atoms with Gasteiger partial charge in [-0.2, -0.15) is 0 Å². The fourth-order valence-electron chi connectivity index (χ4n) is 2.00. The van der Waals surface area contributed by atoms with E-state index < -0.39 is 0 Å². The van der Waals surface area contributed by atoms with Gasteiger partial charge in [0.1, 0.15) is 6.29 Å². The van der Waals surface area contributed by atoms with Gasteiger partial charge in [-0.15, -0.1) is 0 Å². The molecule has 14 heavy (non-hydrogen) atoms. The van der Waals surface area contributed by atoms with Crippen molar-refractivity contribution in [3.05, 3.63) is 0 Å². The lowest BCUT2D eigenvalue weighted by atomic mass is 9.90. The largest absolute Gasteiger partial charge is 0.349 e. The molecule has 0 atom stereocenters. The third kappa shape index (κ3) is 3.90. The fourth-order valence-corrected chi connectivity index (χ4v) is 2.00. The number of nitrogens with one attached hydrogen (secondary N) is 1. The number of carbonyl (C=O) groups excluding carboxylic acids is 2. The van der Waals surface area contributed by atoms with E-state index in [-0.39, 0.29) is 18.4 Å². The molecule has 1 saturated carbocycles. The summed E-state index contributed by atoms with van der Waals surface area (Å²) in [5.41, 5.74) is 0. The van der Waals surface area contributed by atoms with Crippen molar-refractivity contribution in [2.45, 2.75) is 44.9 Å². The molecule has 0 unspecified atom stereocenters. The summed E-state index contributed by atoms with van der Waals surface area (Å²) in [7, 11) is 0. The summed E-state index contributed by atoms with van der Waals surface area (Å²) in [6, 6.07) is 0. The van der Waals surface area contributed by atoms with Crippen LogP contribution in [0.5, 0.6) is 0 Å². The maximum Gasteiger partial charge on any atom is 0.223 e. The zero-order valence-electron chi connectivity index (χ0n) is 8.63. The first-order chi connectivity index (χ1) is 6.84. The van der Waals surface area contributed by atoms with Gasteiger partial charge >= 0.3 is 0 Å². The van der Waals surface area contributed by atoms with Gasteiger partial charge in [-0.1, -0.05) is 32.1 Å². The molecule has 80 valence electrons. The molecule has 1 amide bonds. The number of amides is 1. The Balaban J connectivity index is 2.31. The van der Waals surface area contributed by atoms with Crippen LogP contribution in [0.2, 0.25) is 0 Å². The maximum atomic E-state index is 11.6. The van der Waals surface area contributed by atoms with Crippen molar-refractivity contribution in [2.24, 2.45) is 5.92 Å². The minimum Gasteiger partial charge on any atom is -0.349 e. The van der Waals surface area contributed by atoms with E-state index >= 15 is 0 Å². The second-order valence-corrected chi connectivity index (χ2v) is 3.95. The van der Waals surface area contributed by atoms with Gasteiger partial charge in [0.2, 0.25) is 5.91 Å². The van der Waals surface area contributed by atoms with Gasteiger partial charge in [-0.05, 0) is 12.8 Å². The molecule has 3 heteroatoms. The van der Waals surface area contributed by atoms with Crippen LogP contribution in [0.1, 0.15) is 44.9 Å². The third-order valence-corrected chi connectivity index (χ3v) is 2.84. The predicted molar refractivity (Wildman–Crippen MR) is 54.9 cm³/mol. The molecule has 0 saturated heterocycles. The van der Waals surface area contributed by atoms with E-state index in [1.54, 1.807) is 0 Å². The molecule has 1 aliphatic rings. The second kappa shape index (κ2) is 6.57. The Kier molecular flexibility index (Phi) is 5.27. The van der Waals surface area contributed by atoms with Crippen molar-refractivity contribution in [2.75, 3.05) is 6.54 Å².